The summed E-state index contributed by atoms with van der Waals surface area (Å²) in [6.45, 7) is 1.22. The van der Waals surface area contributed by atoms with Gasteiger partial charge < -0.3 is 14.1 Å². The van der Waals surface area contributed by atoms with E-state index in [-0.39, 0.29) is 12.0 Å². The Labute approximate surface area is 139 Å². The summed E-state index contributed by atoms with van der Waals surface area (Å²) in [6, 6.07) is 9.42. The summed E-state index contributed by atoms with van der Waals surface area (Å²) in [6.07, 6.45) is 6.47. The Morgan fingerprint density at radius 3 is 3.04 bits per heavy atom. The van der Waals surface area contributed by atoms with E-state index in [1.807, 2.05) is 24.3 Å². The summed E-state index contributed by atoms with van der Waals surface area (Å²) in [4.78, 5) is 22.6. The van der Waals surface area contributed by atoms with E-state index in [1.165, 1.54) is 0 Å². The number of nitrogens with zero attached hydrogens (tertiary/aromatic N) is 3. The number of benzene rings is 1. The van der Waals surface area contributed by atoms with Crippen LogP contribution in [0.1, 0.15) is 23.4 Å². The molecule has 24 heavy (non-hydrogen) atoms. The fraction of sp³-hybridized carbons (Fsp3) is 0.278. The molecule has 0 radical (unpaired) electrons. The van der Waals surface area contributed by atoms with Crippen LogP contribution in [0.4, 0.5) is 0 Å². The van der Waals surface area contributed by atoms with Crippen LogP contribution in [0.15, 0.2) is 53.3 Å². The predicted octanol–water partition coefficient (Wildman–Crippen LogP) is 2.91. The Kier molecular flexibility index (Phi) is 3.86. The van der Waals surface area contributed by atoms with Gasteiger partial charge in [0.05, 0.1) is 12.7 Å². The van der Waals surface area contributed by atoms with Crippen LogP contribution in [0.25, 0.3) is 11.0 Å². The maximum Gasteiger partial charge on any atom is 0.289 e. The van der Waals surface area contributed by atoms with Crippen LogP contribution in [0.2, 0.25) is 0 Å². The summed E-state index contributed by atoms with van der Waals surface area (Å²) in [5.74, 6) is 0.760. The molecule has 122 valence electrons. The molecule has 6 nitrogen and oxygen atoms in total. The van der Waals surface area contributed by atoms with E-state index < -0.39 is 0 Å². The molecule has 0 saturated carbocycles. The molecule has 2 aromatic heterocycles. The van der Waals surface area contributed by atoms with Gasteiger partial charge in [0.15, 0.2) is 5.76 Å². The molecule has 0 N–H and O–H groups in total. The molecule has 1 aliphatic rings. The first-order valence-corrected chi connectivity index (χ1v) is 8.00. The molecule has 1 saturated heterocycles. The van der Waals surface area contributed by atoms with Crippen LogP contribution >= 0.6 is 0 Å². The van der Waals surface area contributed by atoms with Gasteiger partial charge in [0.2, 0.25) is 5.88 Å². The highest BCUT2D eigenvalue weighted by atomic mass is 16.5. The molecule has 1 aliphatic heterocycles. The average molecular weight is 323 g/mol. The molecule has 1 atom stereocenters. The van der Waals surface area contributed by atoms with Gasteiger partial charge >= 0.3 is 0 Å². The number of hydrogen-bond donors (Lipinski definition) is 0. The summed E-state index contributed by atoms with van der Waals surface area (Å²) in [5, 5.41) is 0.935. The van der Waals surface area contributed by atoms with Crippen molar-refractivity contribution in [2.75, 3.05) is 13.1 Å². The van der Waals surface area contributed by atoms with Crippen LogP contribution in [-0.2, 0) is 0 Å². The zero-order valence-corrected chi connectivity index (χ0v) is 13.1. The van der Waals surface area contributed by atoms with Crippen molar-refractivity contribution < 1.29 is 13.9 Å². The van der Waals surface area contributed by atoms with Gasteiger partial charge in [0.1, 0.15) is 11.7 Å². The summed E-state index contributed by atoms with van der Waals surface area (Å²) < 4.78 is 11.5. The zero-order chi connectivity index (χ0) is 16.4. The molecule has 3 heterocycles. The third-order valence-corrected chi connectivity index (χ3v) is 4.13. The molecule has 1 fully saturated rings. The molecular weight excluding hydrogens is 306 g/mol. The molecule has 1 aromatic carbocycles. The molecule has 4 rings (SSSR count). The summed E-state index contributed by atoms with van der Waals surface area (Å²) >= 11 is 0. The molecule has 1 unspecified atom stereocenters. The Balaban J connectivity index is 1.48. The van der Waals surface area contributed by atoms with E-state index in [2.05, 4.69) is 9.97 Å². The maximum absolute atomic E-state index is 12.7. The second kappa shape index (κ2) is 6.31. The first kappa shape index (κ1) is 14.7. The lowest BCUT2D eigenvalue weighted by atomic mass is 10.1. The molecule has 0 bridgehead atoms. The Morgan fingerprint density at radius 1 is 1.29 bits per heavy atom. The minimum absolute atomic E-state index is 0.0798. The first-order chi connectivity index (χ1) is 11.8. The number of likely N-dealkylation sites (tertiary alicyclic amines) is 1. The first-order valence-electron chi connectivity index (χ1n) is 8.00. The highest BCUT2D eigenvalue weighted by Crippen LogP contribution is 2.22. The second-order valence-electron chi connectivity index (χ2n) is 5.83. The number of aromatic nitrogens is 2. The molecule has 6 heteroatoms. The van der Waals surface area contributed by atoms with E-state index in [9.17, 15) is 4.79 Å². The fourth-order valence-electron chi connectivity index (χ4n) is 2.98. The van der Waals surface area contributed by atoms with E-state index in [0.29, 0.717) is 24.7 Å². The molecule has 0 aliphatic carbocycles. The van der Waals surface area contributed by atoms with Gasteiger partial charge in [-0.25, -0.2) is 4.98 Å². The number of furan rings is 1. The van der Waals surface area contributed by atoms with Gasteiger partial charge in [0, 0.05) is 24.3 Å². The fourth-order valence-corrected chi connectivity index (χ4v) is 2.98. The van der Waals surface area contributed by atoms with Gasteiger partial charge in [0.25, 0.3) is 5.91 Å². The van der Waals surface area contributed by atoms with Gasteiger partial charge in [-0.1, -0.05) is 18.2 Å². The Bertz CT molecular complexity index is 814. The number of ether oxygens (including phenoxy) is 1. The van der Waals surface area contributed by atoms with Crippen molar-refractivity contribution in [3.05, 3.63) is 54.7 Å². The monoisotopic (exact) mass is 323 g/mol. The van der Waals surface area contributed by atoms with Gasteiger partial charge in [-0.05, 0) is 25.0 Å². The Hall–Kier alpha value is -2.89. The highest BCUT2D eigenvalue weighted by Gasteiger charge is 2.27. The number of carbonyl (C=O) groups is 1. The van der Waals surface area contributed by atoms with Crippen LogP contribution in [0.3, 0.4) is 0 Å². The van der Waals surface area contributed by atoms with Crippen molar-refractivity contribution in [3.8, 4) is 5.88 Å². The van der Waals surface area contributed by atoms with Crippen LogP contribution in [0, 0.1) is 0 Å². The number of fused-ring (bicyclic) bond motifs is 1. The third-order valence-electron chi connectivity index (χ3n) is 4.13. The number of amides is 1. The quantitative estimate of drug-likeness (QED) is 0.741. The van der Waals surface area contributed by atoms with Crippen molar-refractivity contribution in [3.63, 3.8) is 0 Å². The molecule has 3 aromatic rings. The smallest absolute Gasteiger partial charge is 0.289 e. The normalized spacial score (nSPS) is 17.8. The van der Waals surface area contributed by atoms with E-state index in [0.717, 1.165) is 23.8 Å². The van der Waals surface area contributed by atoms with E-state index in [1.54, 1.807) is 29.6 Å². The summed E-state index contributed by atoms with van der Waals surface area (Å²) in [5.41, 5.74) is 0.727. The van der Waals surface area contributed by atoms with Crippen molar-refractivity contribution in [2.24, 2.45) is 0 Å². The standard InChI is InChI=1S/C18H17N3O3/c22-18(16-10-13-4-1-2-6-15(13)24-16)21-9-3-5-14(12-21)23-17-11-19-7-8-20-17/h1-2,4,6-8,10-11,14H,3,5,9,12H2. The topological polar surface area (TPSA) is 68.5 Å². The van der Waals surface area contributed by atoms with Crippen molar-refractivity contribution in [1.82, 2.24) is 14.9 Å². The van der Waals surface area contributed by atoms with Crippen LogP contribution < -0.4 is 4.74 Å². The minimum atomic E-state index is -0.0985. The molecule has 1 amide bonds. The number of para-hydroxylation sites is 1. The maximum atomic E-state index is 12.7. The SMILES string of the molecule is O=C(c1cc2ccccc2o1)N1CCCC(Oc2cnccn2)C1. The van der Waals surface area contributed by atoms with Crippen molar-refractivity contribution in [1.29, 1.82) is 0 Å². The van der Waals surface area contributed by atoms with E-state index >= 15 is 0 Å². The molecular formula is C18H17N3O3. The Morgan fingerprint density at radius 2 is 2.21 bits per heavy atom. The van der Waals surface area contributed by atoms with Crippen LogP contribution in [-0.4, -0.2) is 40.0 Å². The van der Waals surface area contributed by atoms with Gasteiger partial charge in [-0.2, -0.15) is 0 Å². The largest absolute Gasteiger partial charge is 0.471 e. The minimum Gasteiger partial charge on any atom is -0.471 e. The lowest BCUT2D eigenvalue weighted by molar-refractivity contribution is 0.0501. The third kappa shape index (κ3) is 2.95. The van der Waals surface area contributed by atoms with Gasteiger partial charge in [-0.3, -0.25) is 9.78 Å². The average Bonchev–Trinajstić information content (AvgIpc) is 3.06. The van der Waals surface area contributed by atoms with E-state index in [4.69, 9.17) is 9.15 Å². The number of piperidine rings is 1. The number of hydrogen-bond acceptors (Lipinski definition) is 5. The number of carbonyl (C=O) groups excluding carboxylic acids is 1. The highest BCUT2D eigenvalue weighted by molar-refractivity contribution is 5.96. The lowest BCUT2D eigenvalue weighted by Gasteiger charge is -2.31. The van der Waals surface area contributed by atoms with Gasteiger partial charge in [-0.15, -0.1) is 0 Å². The van der Waals surface area contributed by atoms with Crippen molar-refractivity contribution >= 4 is 16.9 Å². The van der Waals surface area contributed by atoms with Crippen LogP contribution in [0.5, 0.6) is 5.88 Å². The number of rotatable bonds is 3. The molecule has 0 spiro atoms. The lowest BCUT2D eigenvalue weighted by Crippen LogP contribution is -2.44. The summed E-state index contributed by atoms with van der Waals surface area (Å²) in [7, 11) is 0. The predicted molar refractivity (Wildman–Crippen MR) is 87.8 cm³/mol. The zero-order valence-electron chi connectivity index (χ0n) is 13.1. The van der Waals surface area contributed by atoms with Crippen molar-refractivity contribution in [2.45, 2.75) is 18.9 Å². The second-order valence-corrected chi connectivity index (χ2v) is 5.83.